The third-order valence-electron chi connectivity index (χ3n) is 12.0. The van der Waals surface area contributed by atoms with Gasteiger partial charge in [-0.15, -0.1) is 0 Å². The predicted molar refractivity (Wildman–Crippen MR) is 300 cm³/mol. The minimum Gasteiger partial charge on any atom is -0.529 e. The molecule has 4 heterocycles. The van der Waals surface area contributed by atoms with Crippen LogP contribution in [-0.2, 0) is 18.8 Å². The zero-order valence-electron chi connectivity index (χ0n) is 45.1. The van der Waals surface area contributed by atoms with Crippen LogP contribution in [0, 0.1) is 6.92 Å². The van der Waals surface area contributed by atoms with Gasteiger partial charge in [-0.1, -0.05) is 66.7 Å². The number of rotatable bonds is 11. The number of aliphatic hydroxyl groups is 2. The Morgan fingerprint density at radius 3 is 1.72 bits per heavy atom. The van der Waals surface area contributed by atoms with Gasteiger partial charge in [-0.05, 0) is 93.7 Å². The van der Waals surface area contributed by atoms with Gasteiger partial charge < -0.3 is 49.4 Å². The van der Waals surface area contributed by atoms with Crippen LogP contribution in [0.3, 0.4) is 0 Å². The van der Waals surface area contributed by atoms with E-state index in [1.807, 2.05) is 55.5 Å². The second kappa shape index (κ2) is 27.5. The number of piperazine rings is 2. The molecule has 0 bridgehead atoms. The zero-order valence-corrected chi connectivity index (χ0v) is 47.8. The molecule has 0 radical (unpaired) electrons. The van der Waals surface area contributed by atoms with E-state index in [2.05, 4.69) is 19.9 Å². The van der Waals surface area contributed by atoms with Gasteiger partial charge in [-0.3, -0.25) is 33.4 Å². The summed E-state index contributed by atoms with van der Waals surface area (Å²) >= 11 is 5.16. The first-order valence-corrected chi connectivity index (χ1v) is 32.3. The van der Waals surface area contributed by atoms with Gasteiger partial charge in [-0.25, -0.2) is 4.79 Å². The van der Waals surface area contributed by atoms with E-state index in [0.29, 0.717) is 40.7 Å². The number of methoxy groups -OCH3 is 1. The first kappa shape index (κ1) is 62.6. The van der Waals surface area contributed by atoms with Crippen molar-refractivity contribution in [1.82, 2.24) is 30.0 Å². The van der Waals surface area contributed by atoms with Crippen LogP contribution in [0.1, 0.15) is 57.4 Å². The molecule has 5 N–H and O–H groups in total. The second-order valence-electron chi connectivity index (χ2n) is 20.3. The molecule has 2 saturated heterocycles. The van der Waals surface area contributed by atoms with Crippen molar-refractivity contribution in [3.8, 4) is 0 Å². The molecule has 4 aromatic carbocycles. The number of esters is 1. The number of aryl methyl sites for hydroxylation is 1. The molecule has 2 atom stereocenters. The van der Waals surface area contributed by atoms with E-state index in [4.69, 9.17) is 25.9 Å². The molecule has 6 aromatic rings. The highest BCUT2D eigenvalue weighted by atomic mass is 35.5. The summed E-state index contributed by atoms with van der Waals surface area (Å²) in [5.74, 6) is -3.96. The van der Waals surface area contributed by atoms with Crippen LogP contribution in [0.2, 0.25) is 39.3 Å². The van der Waals surface area contributed by atoms with Crippen LogP contribution in [0.25, 0.3) is 21.8 Å². The lowest BCUT2D eigenvalue weighted by molar-refractivity contribution is -0.131. The maximum Gasteiger partial charge on any atom is 0.465 e. The number of alkyl halides is 3. The molecule has 2 aromatic heterocycles. The molecule has 422 valence electrons. The molecule has 0 saturated carbocycles. The highest BCUT2D eigenvalue weighted by Gasteiger charge is 2.42. The number of Topliss-reactive ketones (excluding diaryl/α,β-unsaturated/α-hetero) is 2. The average molecular weight is 1150 g/mol. The SMILES string of the molecule is COC(=O)c1cccc2c(C(=O)C(=O)N3CCN(C(=O)c4ccccc4)CC3CO)c[nH]c12.C[Si](C)(C)N=C(O[Si](C)(C)C)C(F)(F)F.Cc1cccc2c(C(=O)C(=O)Cl)c[nH]c12.O=C(c1ccccc1)N1CCNC(CO)C1. The van der Waals surface area contributed by atoms with E-state index in [9.17, 15) is 51.8 Å². The number of halogens is 4. The Labute approximate surface area is 462 Å². The van der Waals surface area contributed by atoms with Crippen molar-refractivity contribution in [2.24, 2.45) is 4.66 Å². The third-order valence-corrected chi connectivity index (χ3v) is 13.9. The van der Waals surface area contributed by atoms with E-state index < -0.39 is 70.0 Å². The van der Waals surface area contributed by atoms with Gasteiger partial charge in [-0.2, -0.15) is 13.2 Å². The summed E-state index contributed by atoms with van der Waals surface area (Å²) in [6.07, 6.45) is -1.57. The van der Waals surface area contributed by atoms with Crippen LogP contribution < -0.4 is 5.32 Å². The van der Waals surface area contributed by atoms with Gasteiger partial charge in [0, 0.05) is 85.1 Å². The standard InChI is InChI=1S/C24H23N3O6.C12H16N2O2.C11H8ClNO2.C8H18F3NOSi2/c1-33-24(32)18-9-5-8-17-19(12-25-20(17)18)21(29)23(31)27-11-10-26(13-16(27)14-28)22(30)15-6-3-2-4-7-15;15-9-11-8-14(7-6-13-11)12(16)10-4-2-1-3-5-10;1-6-3-2-4-7-8(5-13-9(6)7)10(14)11(12)15;1-14(2,3)12-7(8(9,10)11)13-15(4,5)6/h2-9,12,16,25,28H,10-11,13-14H2,1H3;1-5,11,13,15H,6-9H2;2-5,13H,1H3;1-6H3. The van der Waals surface area contributed by atoms with Crippen LogP contribution >= 0.6 is 11.6 Å². The Balaban J connectivity index is 0.000000210. The first-order valence-electron chi connectivity index (χ1n) is 25.0. The fourth-order valence-corrected chi connectivity index (χ4v) is 10.0. The highest BCUT2D eigenvalue weighted by Crippen LogP contribution is 2.26. The largest absolute Gasteiger partial charge is 0.529 e. The number of aliphatic hydroxyl groups excluding tert-OH is 2. The lowest BCUT2D eigenvalue weighted by Crippen LogP contribution is -2.59. The highest BCUT2D eigenvalue weighted by molar-refractivity contribution is 6.83. The molecule has 2 fully saturated rings. The van der Waals surface area contributed by atoms with E-state index >= 15 is 0 Å². The predicted octanol–water partition coefficient (Wildman–Crippen LogP) is 7.63. The number of carbonyl (C=O) groups is 7. The molecule has 2 unspecified atom stereocenters. The summed E-state index contributed by atoms with van der Waals surface area (Å²) in [4.78, 5) is 95.7. The van der Waals surface area contributed by atoms with Gasteiger partial charge in [0.1, 0.15) is 0 Å². The summed E-state index contributed by atoms with van der Waals surface area (Å²) in [6, 6.07) is 27.6. The lowest BCUT2D eigenvalue weighted by Gasteiger charge is -2.40. The van der Waals surface area contributed by atoms with Crippen molar-refractivity contribution in [2.75, 3.05) is 59.6 Å². The number of ketones is 2. The molecule has 2 aliphatic heterocycles. The molecular formula is C55H65ClF3N7O11Si2. The van der Waals surface area contributed by atoms with Crippen LogP contribution in [-0.4, -0.2) is 176 Å². The Hall–Kier alpha value is -7.29. The summed E-state index contributed by atoms with van der Waals surface area (Å²) in [5, 5.41) is 22.3. The van der Waals surface area contributed by atoms with E-state index in [1.165, 1.54) is 24.4 Å². The molecule has 79 heavy (non-hydrogen) atoms. The van der Waals surface area contributed by atoms with Crippen LogP contribution in [0.4, 0.5) is 13.2 Å². The monoisotopic (exact) mass is 1150 g/mol. The van der Waals surface area contributed by atoms with E-state index in [1.54, 1.807) is 97.6 Å². The third kappa shape index (κ3) is 17.1. The number of H-pyrrole nitrogens is 2. The molecule has 24 heteroatoms. The maximum absolute atomic E-state index is 13.1. The van der Waals surface area contributed by atoms with Gasteiger partial charge >= 0.3 is 12.1 Å². The number of hydrogen-bond acceptors (Lipinski definition) is 13. The quantitative estimate of drug-likeness (QED) is 0.0160. The Kier molecular flexibility index (Phi) is 21.8. The number of nitrogens with one attached hydrogen (secondary N) is 3. The van der Waals surface area contributed by atoms with Crippen molar-refractivity contribution in [2.45, 2.75) is 64.5 Å². The maximum atomic E-state index is 13.1. The summed E-state index contributed by atoms with van der Waals surface area (Å²) in [5.41, 5.74) is 4.22. The van der Waals surface area contributed by atoms with Crippen molar-refractivity contribution >= 4 is 96.4 Å². The molecule has 3 amide bonds. The second-order valence-corrected chi connectivity index (χ2v) is 29.6. The zero-order chi connectivity index (χ0) is 58.4. The molecule has 8 rings (SSSR count). The number of nitrogens with zero attached hydrogens (tertiary/aromatic N) is 4. The van der Waals surface area contributed by atoms with Gasteiger partial charge in [0.05, 0.1) is 48.6 Å². The number of benzene rings is 4. The fraction of sp³-hybridized carbons (Fsp3) is 0.345. The normalized spacial score (nSPS) is 15.8. The number of ether oxygens (including phenoxy) is 1. The van der Waals surface area contributed by atoms with Crippen LogP contribution in [0.5, 0.6) is 0 Å². The molecular weight excluding hydrogens is 1080 g/mol. The summed E-state index contributed by atoms with van der Waals surface area (Å²) in [6.45, 7) is 14.4. The van der Waals surface area contributed by atoms with Gasteiger partial charge in [0.2, 0.25) is 14.1 Å². The van der Waals surface area contributed by atoms with E-state index in [-0.39, 0.29) is 55.2 Å². The van der Waals surface area contributed by atoms with Crippen molar-refractivity contribution in [1.29, 1.82) is 0 Å². The molecule has 0 aliphatic carbocycles. The molecule has 0 spiro atoms. The summed E-state index contributed by atoms with van der Waals surface area (Å²) in [7, 11) is -3.16. The minimum absolute atomic E-state index is 0.00131. The van der Waals surface area contributed by atoms with Crippen molar-refractivity contribution < 1.29 is 66.1 Å². The topological polar surface area (TPSA) is 244 Å². The lowest BCUT2D eigenvalue weighted by atomic mass is 10.0. The van der Waals surface area contributed by atoms with Gasteiger partial charge in [0.15, 0.2) is 8.24 Å². The number of aromatic nitrogens is 2. The number of para-hydroxylation sites is 2. The Morgan fingerprint density at radius 1 is 0.684 bits per heavy atom. The smallest absolute Gasteiger partial charge is 0.465 e. The molecule has 18 nitrogen and oxygen atoms in total. The van der Waals surface area contributed by atoms with Gasteiger partial charge in [0.25, 0.3) is 34.6 Å². The van der Waals surface area contributed by atoms with Crippen molar-refractivity contribution in [3.63, 3.8) is 0 Å². The van der Waals surface area contributed by atoms with E-state index in [0.717, 1.165) is 23.0 Å². The summed E-state index contributed by atoms with van der Waals surface area (Å²) < 4.78 is 51.2. The number of aromatic amines is 2. The minimum atomic E-state index is -4.47. The first-order chi connectivity index (χ1) is 37.2. The number of amides is 3. The average Bonchev–Trinajstić information content (AvgIpc) is 4.12. The number of carbonyl (C=O) groups excluding carboxylic acids is 7. The van der Waals surface area contributed by atoms with Crippen LogP contribution in [0.15, 0.2) is 114 Å². The Bertz CT molecular complexity index is 3160. The number of hydrogen-bond donors (Lipinski definition) is 5. The van der Waals surface area contributed by atoms with Crippen molar-refractivity contribution in [3.05, 3.63) is 143 Å². The molecule has 2 aliphatic rings. The fourth-order valence-electron chi connectivity index (χ4n) is 8.33. The Morgan fingerprint density at radius 2 is 1.22 bits per heavy atom. The number of fused-ring (bicyclic) bond motifs is 2.